The number of carbonyl (C=O) groups is 1. The first-order valence-electron chi connectivity index (χ1n) is 15.7. The molecule has 2 heteroatoms. The molecule has 0 aromatic heterocycles. The van der Waals surface area contributed by atoms with E-state index < -0.39 is 0 Å². The molecule has 0 amide bonds. The Morgan fingerprint density at radius 1 is 1.00 bits per heavy atom. The number of hydrogen-bond donors (Lipinski definition) is 0. The van der Waals surface area contributed by atoms with Gasteiger partial charge in [0, 0.05) is 11.7 Å². The maximum Gasteiger partial charge on any atom is 0.189 e. The number of unbranched alkanes of at least 4 members (excludes halogenated alkanes) is 5. The molecule has 35 heavy (non-hydrogen) atoms. The molecule has 0 saturated heterocycles. The van der Waals surface area contributed by atoms with Crippen LogP contribution >= 0.6 is 11.8 Å². The molecule has 0 heterocycles. The summed E-state index contributed by atoms with van der Waals surface area (Å²) >= 11 is 1.70. The van der Waals surface area contributed by atoms with Crippen LogP contribution in [-0.2, 0) is 4.79 Å². The van der Waals surface area contributed by atoms with E-state index in [4.69, 9.17) is 0 Å². The Balaban J connectivity index is 1.35. The second kappa shape index (κ2) is 12.1. The molecule has 200 valence electrons. The summed E-state index contributed by atoms with van der Waals surface area (Å²) in [6, 6.07) is 0. The van der Waals surface area contributed by atoms with Crippen LogP contribution in [0.4, 0.5) is 0 Å². The van der Waals surface area contributed by atoms with E-state index in [1.54, 1.807) is 17.3 Å². The highest BCUT2D eigenvalue weighted by molar-refractivity contribution is 8.14. The number of rotatable bonds is 11. The van der Waals surface area contributed by atoms with Crippen LogP contribution in [0.3, 0.4) is 0 Å². The van der Waals surface area contributed by atoms with E-state index in [9.17, 15) is 4.79 Å². The van der Waals surface area contributed by atoms with Crippen LogP contribution in [0.15, 0.2) is 11.6 Å². The average Bonchev–Trinajstić information content (AvgIpc) is 3.17. The predicted octanol–water partition coefficient (Wildman–Crippen LogP) is 10.4. The summed E-state index contributed by atoms with van der Waals surface area (Å²) in [6.07, 6.45) is 25.7. The molecule has 0 N–H and O–H groups in total. The zero-order valence-corrected chi connectivity index (χ0v) is 24.7. The Bertz CT molecular complexity index is 741. The van der Waals surface area contributed by atoms with Crippen molar-refractivity contribution in [1.29, 1.82) is 0 Å². The van der Waals surface area contributed by atoms with Gasteiger partial charge >= 0.3 is 0 Å². The van der Waals surface area contributed by atoms with Gasteiger partial charge in [0.2, 0.25) is 0 Å². The van der Waals surface area contributed by atoms with Crippen molar-refractivity contribution in [3.63, 3.8) is 0 Å². The fraction of sp³-hybridized carbons (Fsp3) is 0.909. The third-order valence-corrected chi connectivity index (χ3v) is 12.8. The third kappa shape index (κ3) is 5.93. The van der Waals surface area contributed by atoms with Crippen LogP contribution in [0.1, 0.15) is 144 Å². The Labute approximate surface area is 222 Å². The summed E-state index contributed by atoms with van der Waals surface area (Å²) < 4.78 is 0. The zero-order valence-electron chi connectivity index (χ0n) is 23.9. The van der Waals surface area contributed by atoms with E-state index in [1.807, 2.05) is 0 Å². The van der Waals surface area contributed by atoms with E-state index in [0.29, 0.717) is 27.1 Å². The van der Waals surface area contributed by atoms with Gasteiger partial charge < -0.3 is 0 Å². The lowest BCUT2D eigenvalue weighted by Crippen LogP contribution is -2.50. The molecule has 0 bridgehead atoms. The van der Waals surface area contributed by atoms with Crippen molar-refractivity contribution < 1.29 is 4.79 Å². The van der Waals surface area contributed by atoms with Crippen molar-refractivity contribution in [3.8, 4) is 0 Å². The van der Waals surface area contributed by atoms with E-state index in [1.165, 1.54) is 96.3 Å². The lowest BCUT2D eigenvalue weighted by Gasteiger charge is -2.58. The Morgan fingerprint density at radius 3 is 2.54 bits per heavy atom. The lowest BCUT2D eigenvalue weighted by molar-refractivity contribution is -0.111. The maximum atomic E-state index is 12.6. The van der Waals surface area contributed by atoms with Crippen LogP contribution < -0.4 is 0 Å². The summed E-state index contributed by atoms with van der Waals surface area (Å²) in [6.45, 7) is 12.1. The van der Waals surface area contributed by atoms with Crippen molar-refractivity contribution in [2.24, 2.45) is 40.4 Å². The number of allylic oxidation sites excluding steroid dienone is 2. The van der Waals surface area contributed by atoms with E-state index >= 15 is 0 Å². The fourth-order valence-corrected chi connectivity index (χ4v) is 10.4. The highest BCUT2D eigenvalue weighted by Gasteiger charge is 2.58. The summed E-state index contributed by atoms with van der Waals surface area (Å²) in [5, 5.41) is 0.975. The molecule has 4 rings (SSSR count). The molecule has 4 aliphatic carbocycles. The summed E-state index contributed by atoms with van der Waals surface area (Å²) in [5.74, 6) is 4.31. The van der Waals surface area contributed by atoms with E-state index in [2.05, 4.69) is 40.7 Å². The summed E-state index contributed by atoms with van der Waals surface area (Å²) in [4.78, 5) is 12.6. The predicted molar refractivity (Wildman–Crippen MR) is 154 cm³/mol. The first-order chi connectivity index (χ1) is 16.8. The van der Waals surface area contributed by atoms with Gasteiger partial charge in [-0.25, -0.2) is 0 Å². The molecular formula is C33H56OS. The van der Waals surface area contributed by atoms with Gasteiger partial charge in [-0.05, 0) is 98.2 Å². The summed E-state index contributed by atoms with van der Waals surface area (Å²) in [5.41, 5.74) is 2.77. The standard InChI is InChI=1S/C33H56OS/c1-6-8-9-10-11-12-13-25-15-17-29-28-16-14-26-23-27(35-31(34)22-24(3)7-2)18-20-33(26,5)30(28)19-21-32(25,29)4/h14,24-25,27-30H,6-13,15-23H2,1-5H3/t24-,25-,27-,28+,29-,30+,32+,33-/m0/s1. The van der Waals surface area contributed by atoms with Crippen molar-refractivity contribution in [1.82, 2.24) is 0 Å². The fourth-order valence-electron chi connectivity index (χ4n) is 9.15. The second-order valence-electron chi connectivity index (χ2n) is 13.7. The molecule has 0 spiro atoms. The monoisotopic (exact) mass is 500 g/mol. The lowest BCUT2D eigenvalue weighted by atomic mass is 9.47. The summed E-state index contributed by atoms with van der Waals surface area (Å²) in [7, 11) is 0. The molecule has 0 aliphatic heterocycles. The van der Waals surface area contributed by atoms with Gasteiger partial charge in [0.25, 0.3) is 0 Å². The molecule has 1 nitrogen and oxygen atoms in total. The molecule has 3 fully saturated rings. The number of fused-ring (bicyclic) bond motifs is 5. The van der Waals surface area contributed by atoms with Crippen molar-refractivity contribution in [2.45, 2.75) is 149 Å². The molecule has 8 atom stereocenters. The smallest absolute Gasteiger partial charge is 0.189 e. The van der Waals surface area contributed by atoms with Crippen molar-refractivity contribution in [2.75, 3.05) is 0 Å². The second-order valence-corrected chi connectivity index (χ2v) is 15.1. The quantitative estimate of drug-likeness (QED) is 0.207. The maximum absolute atomic E-state index is 12.6. The van der Waals surface area contributed by atoms with Gasteiger partial charge in [-0.15, -0.1) is 0 Å². The van der Waals surface area contributed by atoms with E-state index in [-0.39, 0.29) is 0 Å². The first-order valence-corrected chi connectivity index (χ1v) is 16.6. The Kier molecular flexibility index (Phi) is 9.59. The van der Waals surface area contributed by atoms with Gasteiger partial charge in [-0.1, -0.05) is 103 Å². The molecule has 3 saturated carbocycles. The third-order valence-electron chi connectivity index (χ3n) is 11.7. The largest absolute Gasteiger partial charge is 0.287 e. The van der Waals surface area contributed by atoms with Gasteiger partial charge in [-0.2, -0.15) is 0 Å². The molecule has 0 unspecified atom stereocenters. The molecule has 0 aromatic carbocycles. The highest BCUT2D eigenvalue weighted by atomic mass is 32.2. The zero-order chi connectivity index (χ0) is 25.1. The van der Waals surface area contributed by atoms with Crippen LogP contribution in [0, 0.1) is 40.4 Å². The Hall–Kier alpha value is -0.240. The number of carbonyl (C=O) groups excluding carboxylic acids is 1. The van der Waals surface area contributed by atoms with E-state index in [0.717, 1.165) is 36.5 Å². The van der Waals surface area contributed by atoms with Crippen LogP contribution in [0.5, 0.6) is 0 Å². The first kappa shape index (κ1) is 27.8. The molecule has 0 aromatic rings. The molecule has 0 radical (unpaired) electrons. The van der Waals surface area contributed by atoms with Crippen LogP contribution in [0.25, 0.3) is 0 Å². The Morgan fingerprint density at radius 2 is 1.77 bits per heavy atom. The van der Waals surface area contributed by atoms with Crippen LogP contribution in [-0.4, -0.2) is 10.4 Å². The minimum atomic E-state index is 0.415. The van der Waals surface area contributed by atoms with Crippen molar-refractivity contribution >= 4 is 16.9 Å². The SMILES string of the molecule is CCCCCCCC[C@H]1CC[C@H]2[C@H]3CC=C4C[C@@H](SC(=O)C[C@@H](C)CC)CC[C@]4(C)[C@@H]3CC[C@]12C. The highest BCUT2D eigenvalue weighted by Crippen LogP contribution is 2.67. The number of thioether (sulfide) groups is 1. The normalized spacial score (nSPS) is 39.3. The molecule has 4 aliphatic rings. The van der Waals surface area contributed by atoms with Gasteiger partial charge in [-0.3, -0.25) is 4.79 Å². The minimum absolute atomic E-state index is 0.415. The van der Waals surface area contributed by atoms with Gasteiger partial charge in [0.15, 0.2) is 5.12 Å². The number of hydrogen-bond acceptors (Lipinski definition) is 2. The minimum Gasteiger partial charge on any atom is -0.287 e. The van der Waals surface area contributed by atoms with Gasteiger partial charge in [0.05, 0.1) is 0 Å². The topological polar surface area (TPSA) is 17.1 Å². The van der Waals surface area contributed by atoms with Gasteiger partial charge in [0.1, 0.15) is 0 Å². The average molecular weight is 501 g/mol. The van der Waals surface area contributed by atoms with Crippen LogP contribution in [0.2, 0.25) is 0 Å². The molecular weight excluding hydrogens is 444 g/mol. The van der Waals surface area contributed by atoms with Crippen molar-refractivity contribution in [3.05, 3.63) is 11.6 Å².